The van der Waals surface area contributed by atoms with Crippen LogP contribution >= 0.6 is 15.9 Å². The molecule has 0 amide bonds. The summed E-state index contributed by atoms with van der Waals surface area (Å²) in [5, 5.41) is 0. The van der Waals surface area contributed by atoms with Crippen LogP contribution in [0.5, 0.6) is 11.5 Å². The molecule has 0 unspecified atom stereocenters. The zero-order valence-electron chi connectivity index (χ0n) is 10.8. The second-order valence-corrected chi connectivity index (χ2v) is 6.27. The van der Waals surface area contributed by atoms with Crippen molar-refractivity contribution in [2.45, 2.75) is 11.3 Å². The van der Waals surface area contributed by atoms with Gasteiger partial charge in [-0.05, 0) is 35.0 Å². The lowest BCUT2D eigenvalue weighted by Gasteiger charge is -2.13. The molecule has 1 aromatic rings. The second-order valence-electron chi connectivity index (χ2n) is 3.68. The predicted molar refractivity (Wildman–Crippen MR) is 76.1 cm³/mol. The Bertz CT molecular complexity index is 534. The highest BCUT2D eigenvalue weighted by atomic mass is 79.9. The van der Waals surface area contributed by atoms with Gasteiger partial charge in [0.1, 0.15) is 16.4 Å². The van der Waals surface area contributed by atoms with E-state index in [1.807, 2.05) is 0 Å². The molecule has 0 spiro atoms. The highest BCUT2D eigenvalue weighted by Gasteiger charge is 2.21. The van der Waals surface area contributed by atoms with Gasteiger partial charge in [0.25, 0.3) is 0 Å². The number of nitrogens with two attached hydrogens (primary N) is 1. The fraction of sp³-hybridized carbons (Fsp3) is 0.455. The van der Waals surface area contributed by atoms with Crippen molar-refractivity contribution in [2.24, 2.45) is 5.73 Å². The minimum Gasteiger partial charge on any atom is -0.496 e. The van der Waals surface area contributed by atoms with Crippen LogP contribution in [0.2, 0.25) is 0 Å². The number of nitrogens with one attached hydrogen (secondary N) is 1. The zero-order valence-corrected chi connectivity index (χ0v) is 13.2. The van der Waals surface area contributed by atoms with Crippen molar-refractivity contribution in [3.05, 3.63) is 16.6 Å². The number of sulfonamides is 1. The SMILES string of the molecule is COc1cc(S(=O)(=O)NCCCN)c(OC)cc1Br. The molecule has 0 radical (unpaired) electrons. The Hall–Kier alpha value is -0.830. The topological polar surface area (TPSA) is 90.7 Å². The first-order valence-corrected chi connectivity index (χ1v) is 7.85. The monoisotopic (exact) mass is 352 g/mol. The number of benzene rings is 1. The molecule has 0 aliphatic carbocycles. The molecule has 0 heterocycles. The molecule has 0 saturated carbocycles. The van der Waals surface area contributed by atoms with E-state index in [1.165, 1.54) is 20.3 Å². The Morgan fingerprint density at radius 3 is 2.42 bits per heavy atom. The molecule has 19 heavy (non-hydrogen) atoms. The van der Waals surface area contributed by atoms with E-state index in [-0.39, 0.29) is 17.2 Å². The van der Waals surface area contributed by atoms with Gasteiger partial charge in [0.15, 0.2) is 0 Å². The number of halogens is 1. The molecular weight excluding hydrogens is 336 g/mol. The first-order valence-electron chi connectivity index (χ1n) is 5.57. The standard InChI is InChI=1S/C11H17BrN2O4S/c1-17-9-7-11(10(18-2)6-8(9)12)19(15,16)14-5-3-4-13/h6-7,14H,3-5,13H2,1-2H3. The van der Waals surface area contributed by atoms with E-state index in [9.17, 15) is 8.42 Å². The van der Waals surface area contributed by atoms with E-state index in [1.54, 1.807) is 6.07 Å². The average Bonchev–Trinajstić information content (AvgIpc) is 2.38. The van der Waals surface area contributed by atoms with Crippen molar-refractivity contribution < 1.29 is 17.9 Å². The summed E-state index contributed by atoms with van der Waals surface area (Å²) in [6.07, 6.45) is 0.565. The van der Waals surface area contributed by atoms with Gasteiger partial charge in [-0.2, -0.15) is 0 Å². The van der Waals surface area contributed by atoms with Gasteiger partial charge in [0.05, 0.1) is 18.7 Å². The highest BCUT2D eigenvalue weighted by Crippen LogP contribution is 2.35. The normalized spacial score (nSPS) is 11.4. The van der Waals surface area contributed by atoms with E-state index >= 15 is 0 Å². The van der Waals surface area contributed by atoms with Gasteiger partial charge in [-0.15, -0.1) is 0 Å². The van der Waals surface area contributed by atoms with E-state index < -0.39 is 10.0 Å². The Balaban J connectivity index is 3.16. The lowest BCUT2D eigenvalue weighted by molar-refractivity contribution is 0.390. The van der Waals surface area contributed by atoms with Gasteiger partial charge in [-0.3, -0.25) is 0 Å². The largest absolute Gasteiger partial charge is 0.496 e. The number of hydrogen-bond acceptors (Lipinski definition) is 5. The maximum atomic E-state index is 12.2. The number of rotatable bonds is 7. The fourth-order valence-corrected chi connectivity index (χ4v) is 3.15. The molecule has 0 saturated heterocycles. The van der Waals surface area contributed by atoms with Gasteiger partial charge in [-0.1, -0.05) is 0 Å². The molecule has 0 aliphatic heterocycles. The molecule has 3 N–H and O–H groups in total. The van der Waals surface area contributed by atoms with Crippen LogP contribution < -0.4 is 19.9 Å². The van der Waals surface area contributed by atoms with E-state index in [0.29, 0.717) is 23.2 Å². The third-order valence-corrected chi connectivity index (χ3v) is 4.50. The second kappa shape index (κ2) is 7.09. The quantitative estimate of drug-likeness (QED) is 0.717. The van der Waals surface area contributed by atoms with Crippen LogP contribution in [-0.2, 0) is 10.0 Å². The molecule has 6 nitrogen and oxygen atoms in total. The third-order valence-electron chi connectivity index (χ3n) is 2.40. The van der Waals surface area contributed by atoms with Gasteiger partial charge in [0.2, 0.25) is 10.0 Å². The Kier molecular flexibility index (Phi) is 6.05. The molecule has 1 aromatic carbocycles. The number of ether oxygens (including phenoxy) is 2. The molecule has 8 heteroatoms. The average molecular weight is 353 g/mol. The van der Waals surface area contributed by atoms with E-state index in [0.717, 1.165) is 0 Å². The highest BCUT2D eigenvalue weighted by molar-refractivity contribution is 9.10. The van der Waals surface area contributed by atoms with Crippen molar-refractivity contribution in [3.63, 3.8) is 0 Å². The van der Waals surface area contributed by atoms with Crippen molar-refractivity contribution in [3.8, 4) is 11.5 Å². The maximum Gasteiger partial charge on any atom is 0.244 e. The van der Waals surface area contributed by atoms with Crippen LogP contribution in [0.15, 0.2) is 21.5 Å². The summed E-state index contributed by atoms with van der Waals surface area (Å²) in [6, 6.07) is 2.96. The Morgan fingerprint density at radius 1 is 1.26 bits per heavy atom. The van der Waals surface area contributed by atoms with Crippen LogP contribution in [0, 0.1) is 0 Å². The smallest absolute Gasteiger partial charge is 0.244 e. The summed E-state index contributed by atoms with van der Waals surface area (Å²) >= 11 is 3.28. The summed E-state index contributed by atoms with van der Waals surface area (Å²) < 4.78 is 37.6. The van der Waals surface area contributed by atoms with E-state index in [4.69, 9.17) is 15.2 Å². The Labute approximate surface area is 121 Å². The summed E-state index contributed by atoms with van der Waals surface area (Å²) in [7, 11) is -0.783. The lowest BCUT2D eigenvalue weighted by atomic mass is 10.3. The van der Waals surface area contributed by atoms with Crippen LogP contribution in [0.25, 0.3) is 0 Å². The minimum absolute atomic E-state index is 0.0343. The van der Waals surface area contributed by atoms with Gasteiger partial charge >= 0.3 is 0 Å². The van der Waals surface area contributed by atoms with Crippen LogP contribution in [0.1, 0.15) is 6.42 Å². The molecule has 0 atom stereocenters. The molecule has 0 aromatic heterocycles. The summed E-state index contributed by atoms with van der Waals surface area (Å²) in [6.45, 7) is 0.698. The summed E-state index contributed by atoms with van der Waals surface area (Å²) in [5.41, 5.74) is 5.33. The molecule has 0 bridgehead atoms. The van der Waals surface area contributed by atoms with Crippen molar-refractivity contribution in [1.29, 1.82) is 0 Å². The fourth-order valence-electron chi connectivity index (χ4n) is 1.43. The first-order chi connectivity index (χ1) is 8.96. The van der Waals surface area contributed by atoms with Crippen LogP contribution in [-0.4, -0.2) is 35.7 Å². The first kappa shape index (κ1) is 16.2. The van der Waals surface area contributed by atoms with Gasteiger partial charge in [0, 0.05) is 12.6 Å². The Morgan fingerprint density at radius 2 is 1.89 bits per heavy atom. The lowest BCUT2D eigenvalue weighted by Crippen LogP contribution is -2.26. The number of methoxy groups -OCH3 is 2. The van der Waals surface area contributed by atoms with Crippen molar-refractivity contribution in [2.75, 3.05) is 27.3 Å². The molecule has 1 rings (SSSR count). The predicted octanol–water partition coefficient (Wildman–Crippen LogP) is 1.09. The summed E-state index contributed by atoms with van der Waals surface area (Å²) in [4.78, 5) is 0.0343. The van der Waals surface area contributed by atoms with Crippen LogP contribution in [0.3, 0.4) is 0 Å². The molecule has 108 valence electrons. The zero-order chi connectivity index (χ0) is 14.5. The maximum absolute atomic E-state index is 12.2. The third kappa shape index (κ3) is 4.07. The van der Waals surface area contributed by atoms with Gasteiger partial charge < -0.3 is 15.2 Å². The summed E-state index contributed by atoms with van der Waals surface area (Å²) in [5.74, 6) is 0.660. The van der Waals surface area contributed by atoms with Crippen molar-refractivity contribution in [1.82, 2.24) is 4.72 Å². The van der Waals surface area contributed by atoms with Crippen molar-refractivity contribution >= 4 is 26.0 Å². The molecule has 0 aliphatic rings. The molecule has 0 fully saturated rings. The van der Waals surface area contributed by atoms with E-state index in [2.05, 4.69) is 20.7 Å². The van der Waals surface area contributed by atoms with Crippen LogP contribution in [0.4, 0.5) is 0 Å². The number of hydrogen-bond donors (Lipinski definition) is 2. The molecular formula is C11H17BrN2O4S. The minimum atomic E-state index is -3.66. The van der Waals surface area contributed by atoms with Gasteiger partial charge in [-0.25, -0.2) is 13.1 Å².